The Hall–Kier alpha value is -3.09. The largest absolute Gasteiger partial charge is 0.489 e. The predicted octanol–water partition coefficient (Wildman–Crippen LogP) is 3.75. The number of pyridine rings is 1. The van der Waals surface area contributed by atoms with E-state index in [1.165, 1.54) is 18.1 Å². The van der Waals surface area contributed by atoms with Crippen molar-refractivity contribution in [2.45, 2.75) is 23.6 Å². The molecule has 12 heteroatoms. The third-order valence-corrected chi connectivity index (χ3v) is 7.86. The fourth-order valence-corrected chi connectivity index (χ4v) is 6.28. The van der Waals surface area contributed by atoms with Crippen LogP contribution in [-0.4, -0.2) is 58.9 Å². The first kappa shape index (κ1) is 24.6. The van der Waals surface area contributed by atoms with Gasteiger partial charge in [-0.3, -0.25) is 4.99 Å². The molecule has 36 heavy (non-hydrogen) atoms. The highest BCUT2D eigenvalue weighted by Crippen LogP contribution is 2.66. The zero-order valence-electron chi connectivity index (χ0n) is 20.0. The molecule has 3 heterocycles. The maximum Gasteiger partial charge on any atom is 0.164 e. The van der Waals surface area contributed by atoms with Crippen LogP contribution in [0.2, 0.25) is 0 Å². The number of amidine groups is 1. The van der Waals surface area contributed by atoms with Crippen molar-refractivity contribution >= 4 is 39.5 Å². The van der Waals surface area contributed by atoms with Crippen LogP contribution in [0, 0.1) is 17.6 Å². The number of fused-ring (bicyclic) bond motifs is 2. The minimum absolute atomic E-state index is 0.0514. The summed E-state index contributed by atoms with van der Waals surface area (Å²) in [5.74, 6) is -1.13. The summed E-state index contributed by atoms with van der Waals surface area (Å²) >= 11 is 1.44. The summed E-state index contributed by atoms with van der Waals surface area (Å²) in [4.78, 5) is 17.5. The first-order valence-electron chi connectivity index (χ1n) is 11.3. The van der Waals surface area contributed by atoms with Gasteiger partial charge >= 0.3 is 0 Å². The van der Waals surface area contributed by atoms with E-state index in [4.69, 9.17) is 19.9 Å². The highest BCUT2D eigenvalue weighted by Gasteiger charge is 2.66. The molecular formula is C24H26F2N6O3S. The van der Waals surface area contributed by atoms with E-state index in [0.717, 1.165) is 12.5 Å². The number of nitrogens with two attached hydrogens (primary N) is 1. The van der Waals surface area contributed by atoms with Crippen molar-refractivity contribution in [3.63, 3.8) is 0 Å². The Morgan fingerprint density at radius 2 is 1.97 bits per heavy atom. The third kappa shape index (κ3) is 4.33. The molecule has 0 amide bonds. The standard InChI is InChI=1S/C24H26F2N6O3S/c1-23(18-9-24(18,11-34-3)36-22(27)32-23)15-6-13(7-16(25)19(15)26)31-21-20-17(29-12-30-21)8-14(10-28-20)35-5-4-33-2/h6-8,10,12,18H,4-5,9,11H2,1-3H3,(H2,27,32)(H,29,30,31)/t18-,23+,24+/m0/s1. The summed E-state index contributed by atoms with van der Waals surface area (Å²) < 4.78 is 45.7. The lowest BCUT2D eigenvalue weighted by molar-refractivity contribution is 0.146. The van der Waals surface area contributed by atoms with Gasteiger partial charge in [0.1, 0.15) is 24.2 Å². The second-order valence-corrected chi connectivity index (χ2v) is 10.4. The summed E-state index contributed by atoms with van der Waals surface area (Å²) in [5, 5.41) is 3.40. The normalized spacial score (nSPS) is 24.8. The molecular weight excluding hydrogens is 490 g/mol. The maximum atomic E-state index is 15.2. The van der Waals surface area contributed by atoms with Gasteiger partial charge in [0, 0.05) is 43.5 Å². The van der Waals surface area contributed by atoms with Crippen LogP contribution in [0.25, 0.3) is 11.0 Å². The van der Waals surface area contributed by atoms with Crippen LogP contribution in [-0.2, 0) is 15.0 Å². The Balaban J connectivity index is 1.48. The Morgan fingerprint density at radius 3 is 2.75 bits per heavy atom. The Labute approximate surface area is 210 Å². The summed E-state index contributed by atoms with van der Waals surface area (Å²) in [6, 6.07) is 4.36. The van der Waals surface area contributed by atoms with E-state index in [9.17, 15) is 4.39 Å². The van der Waals surface area contributed by atoms with Gasteiger partial charge in [0.25, 0.3) is 0 Å². The molecule has 1 aromatic carbocycles. The number of anilines is 2. The van der Waals surface area contributed by atoms with Crippen molar-refractivity contribution in [2.75, 3.05) is 39.4 Å². The molecule has 1 aliphatic heterocycles. The molecule has 2 aromatic heterocycles. The van der Waals surface area contributed by atoms with Gasteiger partial charge in [-0.15, -0.1) is 0 Å². The molecule has 2 aliphatic rings. The van der Waals surface area contributed by atoms with Crippen LogP contribution in [0.3, 0.4) is 0 Å². The van der Waals surface area contributed by atoms with Crippen molar-refractivity contribution < 1.29 is 23.0 Å². The summed E-state index contributed by atoms with van der Waals surface area (Å²) in [5.41, 5.74) is 6.49. The van der Waals surface area contributed by atoms with E-state index >= 15 is 4.39 Å². The highest BCUT2D eigenvalue weighted by molar-refractivity contribution is 8.15. The quantitative estimate of drug-likeness (QED) is 0.410. The van der Waals surface area contributed by atoms with Crippen molar-refractivity contribution in [3.05, 3.63) is 47.9 Å². The van der Waals surface area contributed by atoms with Crippen LogP contribution in [0.4, 0.5) is 20.3 Å². The molecule has 0 spiro atoms. The molecule has 3 N–H and O–H groups in total. The average Bonchev–Trinajstić information content (AvgIpc) is 3.56. The van der Waals surface area contributed by atoms with Gasteiger partial charge < -0.3 is 25.3 Å². The van der Waals surface area contributed by atoms with E-state index in [2.05, 4.69) is 25.3 Å². The predicted molar refractivity (Wildman–Crippen MR) is 134 cm³/mol. The van der Waals surface area contributed by atoms with E-state index < -0.39 is 17.2 Å². The number of hydrogen-bond donors (Lipinski definition) is 2. The molecule has 5 rings (SSSR count). The molecule has 9 nitrogen and oxygen atoms in total. The third-order valence-electron chi connectivity index (χ3n) is 6.58. The van der Waals surface area contributed by atoms with Crippen molar-refractivity contribution in [2.24, 2.45) is 16.6 Å². The smallest absolute Gasteiger partial charge is 0.164 e. The number of hydrogen-bond acceptors (Lipinski definition) is 10. The number of aliphatic imine (C=N–C) groups is 1. The number of aromatic nitrogens is 3. The number of nitrogens with one attached hydrogen (secondary N) is 1. The molecule has 0 radical (unpaired) electrons. The van der Waals surface area contributed by atoms with Crippen molar-refractivity contribution in [1.29, 1.82) is 0 Å². The summed E-state index contributed by atoms with van der Waals surface area (Å²) in [6.45, 7) is 3.05. The van der Waals surface area contributed by atoms with Crippen LogP contribution < -0.4 is 15.8 Å². The van der Waals surface area contributed by atoms with Crippen LogP contribution in [0.1, 0.15) is 18.9 Å². The minimum Gasteiger partial charge on any atom is -0.489 e. The topological polar surface area (TPSA) is 117 Å². The fraction of sp³-hybridized carbons (Fsp3) is 0.417. The van der Waals surface area contributed by atoms with E-state index in [1.807, 2.05) is 0 Å². The van der Waals surface area contributed by atoms with Gasteiger partial charge in [-0.25, -0.2) is 23.7 Å². The first-order valence-corrected chi connectivity index (χ1v) is 12.1. The van der Waals surface area contributed by atoms with E-state index in [1.54, 1.807) is 39.5 Å². The average molecular weight is 517 g/mol. The molecule has 0 saturated heterocycles. The molecule has 3 atom stereocenters. The Morgan fingerprint density at radius 1 is 1.14 bits per heavy atom. The number of benzene rings is 1. The maximum absolute atomic E-state index is 15.2. The zero-order valence-corrected chi connectivity index (χ0v) is 20.9. The molecule has 1 saturated carbocycles. The van der Waals surface area contributed by atoms with Gasteiger partial charge in [0.05, 0.1) is 35.2 Å². The van der Waals surface area contributed by atoms with E-state index in [0.29, 0.717) is 53.3 Å². The first-order chi connectivity index (χ1) is 17.3. The van der Waals surface area contributed by atoms with Crippen molar-refractivity contribution in [1.82, 2.24) is 15.0 Å². The summed E-state index contributed by atoms with van der Waals surface area (Å²) in [7, 11) is 3.20. The van der Waals surface area contributed by atoms with Crippen LogP contribution >= 0.6 is 11.8 Å². The fourth-order valence-electron chi connectivity index (χ4n) is 4.83. The Bertz CT molecular complexity index is 1340. The van der Waals surface area contributed by atoms with Gasteiger partial charge in [-0.1, -0.05) is 11.8 Å². The van der Waals surface area contributed by atoms with Crippen molar-refractivity contribution in [3.8, 4) is 5.75 Å². The number of nitrogens with zero attached hydrogens (tertiary/aromatic N) is 4. The molecule has 0 bridgehead atoms. The molecule has 3 aromatic rings. The SMILES string of the molecule is COCCOc1cnc2c(Nc3cc(F)c(F)c([C@@]4(C)N=C(N)S[C@@]5(COC)C[C@H]54)c3)ncnc2c1. The van der Waals surface area contributed by atoms with Crippen LogP contribution in [0.5, 0.6) is 5.75 Å². The Kier molecular flexibility index (Phi) is 6.43. The van der Waals surface area contributed by atoms with Gasteiger partial charge in [0.2, 0.25) is 0 Å². The summed E-state index contributed by atoms with van der Waals surface area (Å²) in [6.07, 6.45) is 3.64. The van der Waals surface area contributed by atoms with Gasteiger partial charge in [0.15, 0.2) is 22.6 Å². The van der Waals surface area contributed by atoms with Gasteiger partial charge in [-0.2, -0.15) is 0 Å². The lowest BCUT2D eigenvalue weighted by atomic mass is 9.85. The number of thioether (sulfide) groups is 1. The molecule has 190 valence electrons. The van der Waals surface area contributed by atoms with E-state index in [-0.39, 0.29) is 16.2 Å². The minimum atomic E-state index is -1.04. The molecule has 1 fully saturated rings. The highest BCUT2D eigenvalue weighted by atomic mass is 32.2. The molecule has 1 aliphatic carbocycles. The monoisotopic (exact) mass is 516 g/mol. The van der Waals surface area contributed by atoms with Crippen LogP contribution in [0.15, 0.2) is 35.7 Å². The van der Waals surface area contributed by atoms with Gasteiger partial charge in [-0.05, 0) is 19.4 Å². The second-order valence-electron chi connectivity index (χ2n) is 9.00. The lowest BCUT2D eigenvalue weighted by Gasteiger charge is -2.34. The number of halogens is 2. The second kappa shape index (κ2) is 9.41. The number of rotatable bonds is 9. The number of ether oxygens (including phenoxy) is 3. The zero-order chi connectivity index (χ0) is 25.5. The lowest BCUT2D eigenvalue weighted by Crippen LogP contribution is -2.37. The number of methoxy groups -OCH3 is 2. The molecule has 0 unspecified atom stereocenters.